The number of methoxy groups -OCH3 is 1. The van der Waals surface area contributed by atoms with E-state index >= 15 is 0 Å². The molecule has 0 unspecified atom stereocenters. The number of aliphatic carboxylic acids is 1. The zero-order chi connectivity index (χ0) is 15.0. The molecule has 110 valence electrons. The number of carboxylic acid groups (broad SMARTS) is 1. The lowest BCUT2D eigenvalue weighted by molar-refractivity contribution is -0.137. The third kappa shape index (κ3) is 5.71. The standard InChI is InChI=1S/C14H20N2O4/c1-16(8-4-7-13(17)18)14(19)15-12-6-3-5-11(9-12)10-20-2/h3,5-6,9H,4,7-8,10H2,1-2H3,(H,15,19)(H,17,18). The maximum absolute atomic E-state index is 11.9. The Morgan fingerprint density at radius 2 is 2.15 bits per heavy atom. The van der Waals surface area contributed by atoms with Crippen molar-refractivity contribution in [3.05, 3.63) is 29.8 Å². The average Bonchev–Trinajstić information content (AvgIpc) is 2.39. The van der Waals surface area contributed by atoms with Gasteiger partial charge in [0.2, 0.25) is 0 Å². The summed E-state index contributed by atoms with van der Waals surface area (Å²) in [5.74, 6) is -0.855. The molecule has 0 heterocycles. The molecule has 0 bridgehead atoms. The van der Waals surface area contributed by atoms with Crippen LogP contribution in [-0.2, 0) is 16.1 Å². The second kappa shape index (κ2) is 8.16. The van der Waals surface area contributed by atoms with Gasteiger partial charge in [0.25, 0.3) is 0 Å². The Bertz CT molecular complexity index is 462. The van der Waals surface area contributed by atoms with Gasteiger partial charge >= 0.3 is 12.0 Å². The van der Waals surface area contributed by atoms with Gasteiger partial charge in [-0.05, 0) is 24.1 Å². The van der Waals surface area contributed by atoms with Crippen molar-refractivity contribution in [3.8, 4) is 0 Å². The molecule has 0 radical (unpaired) electrons. The lowest BCUT2D eigenvalue weighted by Gasteiger charge is -2.17. The van der Waals surface area contributed by atoms with Crippen molar-refractivity contribution in [2.45, 2.75) is 19.4 Å². The van der Waals surface area contributed by atoms with E-state index in [1.807, 2.05) is 18.2 Å². The summed E-state index contributed by atoms with van der Waals surface area (Å²) in [7, 11) is 3.25. The molecule has 0 saturated heterocycles. The molecule has 2 amide bonds. The maximum atomic E-state index is 11.9. The van der Waals surface area contributed by atoms with Crippen LogP contribution in [0.3, 0.4) is 0 Å². The summed E-state index contributed by atoms with van der Waals surface area (Å²) in [5, 5.41) is 11.3. The first-order valence-corrected chi connectivity index (χ1v) is 6.34. The van der Waals surface area contributed by atoms with Gasteiger partial charge in [-0.25, -0.2) is 4.79 Å². The van der Waals surface area contributed by atoms with E-state index in [-0.39, 0.29) is 12.5 Å². The van der Waals surface area contributed by atoms with Crippen LogP contribution in [0.15, 0.2) is 24.3 Å². The fraction of sp³-hybridized carbons (Fsp3) is 0.429. The van der Waals surface area contributed by atoms with E-state index in [2.05, 4.69) is 5.32 Å². The molecular formula is C14H20N2O4. The van der Waals surface area contributed by atoms with E-state index in [0.717, 1.165) is 5.56 Å². The quantitative estimate of drug-likeness (QED) is 0.802. The van der Waals surface area contributed by atoms with Crippen LogP contribution in [-0.4, -0.2) is 42.7 Å². The molecule has 1 aromatic carbocycles. The van der Waals surface area contributed by atoms with Crippen molar-refractivity contribution in [2.75, 3.05) is 26.0 Å². The minimum Gasteiger partial charge on any atom is -0.481 e. The molecule has 0 atom stereocenters. The Kier molecular flexibility index (Phi) is 6.52. The lowest BCUT2D eigenvalue weighted by Crippen LogP contribution is -2.32. The van der Waals surface area contributed by atoms with E-state index in [9.17, 15) is 9.59 Å². The van der Waals surface area contributed by atoms with Crippen molar-refractivity contribution in [3.63, 3.8) is 0 Å². The number of urea groups is 1. The number of amides is 2. The number of hydrogen-bond donors (Lipinski definition) is 2. The number of benzene rings is 1. The lowest BCUT2D eigenvalue weighted by atomic mass is 10.2. The van der Waals surface area contributed by atoms with E-state index in [4.69, 9.17) is 9.84 Å². The Morgan fingerprint density at radius 1 is 1.40 bits per heavy atom. The summed E-state index contributed by atoms with van der Waals surface area (Å²) < 4.78 is 5.03. The van der Waals surface area contributed by atoms with Crippen LogP contribution < -0.4 is 5.32 Å². The number of carbonyl (C=O) groups excluding carboxylic acids is 1. The van der Waals surface area contributed by atoms with Crippen molar-refractivity contribution in [1.82, 2.24) is 4.90 Å². The third-order valence-electron chi connectivity index (χ3n) is 2.72. The molecular weight excluding hydrogens is 260 g/mol. The first kappa shape index (κ1) is 16.0. The van der Waals surface area contributed by atoms with Gasteiger partial charge in [-0.3, -0.25) is 4.79 Å². The average molecular weight is 280 g/mol. The number of nitrogens with one attached hydrogen (secondary N) is 1. The highest BCUT2D eigenvalue weighted by Gasteiger charge is 2.09. The Hall–Kier alpha value is -2.08. The monoisotopic (exact) mass is 280 g/mol. The maximum Gasteiger partial charge on any atom is 0.321 e. The highest BCUT2D eigenvalue weighted by molar-refractivity contribution is 5.89. The molecule has 2 N–H and O–H groups in total. The summed E-state index contributed by atoms with van der Waals surface area (Å²) in [6, 6.07) is 7.13. The second-order valence-corrected chi connectivity index (χ2v) is 4.48. The van der Waals surface area contributed by atoms with Gasteiger partial charge in [0, 0.05) is 32.8 Å². The van der Waals surface area contributed by atoms with Crippen molar-refractivity contribution >= 4 is 17.7 Å². The molecule has 6 heteroatoms. The molecule has 1 rings (SSSR count). The molecule has 0 spiro atoms. The van der Waals surface area contributed by atoms with Crippen LogP contribution in [0, 0.1) is 0 Å². The molecule has 0 aliphatic carbocycles. The summed E-state index contributed by atoms with van der Waals surface area (Å²) in [6.07, 6.45) is 0.490. The van der Waals surface area contributed by atoms with Gasteiger partial charge in [0.15, 0.2) is 0 Å². The minimum atomic E-state index is -0.855. The third-order valence-corrected chi connectivity index (χ3v) is 2.72. The molecule has 0 aromatic heterocycles. The molecule has 0 aliphatic heterocycles. The van der Waals surface area contributed by atoms with Crippen LogP contribution in [0.4, 0.5) is 10.5 Å². The van der Waals surface area contributed by atoms with Crippen molar-refractivity contribution in [2.24, 2.45) is 0 Å². The minimum absolute atomic E-state index is 0.0565. The Balaban J connectivity index is 2.48. The summed E-state index contributed by atoms with van der Waals surface area (Å²) in [4.78, 5) is 23.8. The number of nitrogens with zero attached hydrogens (tertiary/aromatic N) is 1. The summed E-state index contributed by atoms with van der Waals surface area (Å²) in [6.45, 7) is 0.883. The number of carboxylic acids is 1. The van der Waals surface area contributed by atoms with Gasteiger partial charge in [-0.1, -0.05) is 12.1 Å². The van der Waals surface area contributed by atoms with Crippen LogP contribution in [0.1, 0.15) is 18.4 Å². The van der Waals surface area contributed by atoms with Gasteiger partial charge in [0.1, 0.15) is 0 Å². The van der Waals surface area contributed by atoms with E-state index in [1.165, 1.54) is 4.90 Å². The molecule has 0 saturated carbocycles. The number of ether oxygens (including phenoxy) is 1. The van der Waals surface area contributed by atoms with Crippen molar-refractivity contribution < 1.29 is 19.4 Å². The zero-order valence-electron chi connectivity index (χ0n) is 11.8. The molecule has 1 aromatic rings. The number of carbonyl (C=O) groups is 2. The van der Waals surface area contributed by atoms with Gasteiger partial charge in [-0.2, -0.15) is 0 Å². The largest absolute Gasteiger partial charge is 0.481 e. The first-order valence-electron chi connectivity index (χ1n) is 6.34. The Morgan fingerprint density at radius 3 is 2.80 bits per heavy atom. The fourth-order valence-electron chi connectivity index (χ4n) is 1.69. The predicted molar refractivity (Wildman–Crippen MR) is 75.7 cm³/mol. The summed E-state index contributed by atoms with van der Waals surface area (Å²) >= 11 is 0. The van der Waals surface area contributed by atoms with Gasteiger partial charge < -0.3 is 20.1 Å². The van der Waals surface area contributed by atoms with Gasteiger partial charge in [0.05, 0.1) is 6.61 Å². The normalized spacial score (nSPS) is 10.1. The first-order chi connectivity index (χ1) is 9.52. The van der Waals surface area contributed by atoms with Crippen molar-refractivity contribution in [1.29, 1.82) is 0 Å². The van der Waals surface area contributed by atoms with Crippen LogP contribution >= 0.6 is 0 Å². The topological polar surface area (TPSA) is 78.9 Å². The molecule has 0 fully saturated rings. The summed E-state index contributed by atoms with van der Waals surface area (Å²) in [5.41, 5.74) is 1.66. The van der Waals surface area contributed by atoms with Gasteiger partial charge in [-0.15, -0.1) is 0 Å². The van der Waals surface area contributed by atoms with E-state index in [0.29, 0.717) is 25.3 Å². The zero-order valence-corrected chi connectivity index (χ0v) is 11.8. The van der Waals surface area contributed by atoms with E-state index < -0.39 is 5.97 Å². The van der Waals surface area contributed by atoms with E-state index in [1.54, 1.807) is 20.2 Å². The molecule has 6 nitrogen and oxygen atoms in total. The predicted octanol–water partition coefficient (Wildman–Crippen LogP) is 2.16. The number of anilines is 1. The highest BCUT2D eigenvalue weighted by atomic mass is 16.5. The smallest absolute Gasteiger partial charge is 0.321 e. The molecule has 20 heavy (non-hydrogen) atoms. The number of hydrogen-bond acceptors (Lipinski definition) is 3. The second-order valence-electron chi connectivity index (χ2n) is 4.48. The highest BCUT2D eigenvalue weighted by Crippen LogP contribution is 2.12. The fourth-order valence-corrected chi connectivity index (χ4v) is 1.69. The number of rotatable bonds is 7. The Labute approximate surface area is 118 Å². The van der Waals surface area contributed by atoms with Crippen LogP contribution in [0.5, 0.6) is 0 Å². The van der Waals surface area contributed by atoms with Crippen LogP contribution in [0.25, 0.3) is 0 Å². The SMILES string of the molecule is COCc1cccc(NC(=O)N(C)CCCC(=O)O)c1. The molecule has 0 aliphatic rings. The van der Waals surface area contributed by atoms with Crippen LogP contribution in [0.2, 0.25) is 0 Å².